The highest BCUT2D eigenvalue weighted by Crippen LogP contribution is 2.15. The zero-order valence-corrected chi connectivity index (χ0v) is 13.4. The minimum absolute atomic E-state index is 0.214. The lowest BCUT2D eigenvalue weighted by molar-refractivity contribution is -0.145. The van der Waals surface area contributed by atoms with Crippen molar-refractivity contribution in [2.45, 2.75) is 12.5 Å². The number of amides is 2. The number of nitrogens with one attached hydrogen (secondary N) is 1. The van der Waals surface area contributed by atoms with Gasteiger partial charge in [0.2, 0.25) is 5.91 Å². The van der Waals surface area contributed by atoms with Crippen molar-refractivity contribution in [2.24, 2.45) is 0 Å². The number of nitrogens with zero attached hydrogens (tertiary/aromatic N) is 1. The van der Waals surface area contributed by atoms with E-state index in [1.54, 1.807) is 0 Å². The molecular formula is C16H18N2O6. The highest BCUT2D eigenvalue weighted by atomic mass is 16.5. The van der Waals surface area contributed by atoms with Gasteiger partial charge in [-0.25, -0.2) is 4.79 Å². The largest absolute Gasteiger partial charge is 0.469 e. The normalized spacial score (nSPS) is 17.0. The van der Waals surface area contributed by atoms with Crippen LogP contribution in [0, 0.1) is 0 Å². The topological polar surface area (TPSA) is 102 Å². The molecule has 1 saturated heterocycles. The molecule has 1 unspecified atom stereocenters. The molecule has 0 saturated carbocycles. The Hall–Kier alpha value is -2.90. The SMILES string of the molecule is COC(=O)CC1C(=O)NCCN1C(=O)c1ccc(C(=O)OC)cc1. The first-order valence-corrected chi connectivity index (χ1v) is 7.31. The van der Waals surface area contributed by atoms with Gasteiger partial charge >= 0.3 is 11.9 Å². The summed E-state index contributed by atoms with van der Waals surface area (Å²) < 4.78 is 9.18. The van der Waals surface area contributed by atoms with Gasteiger partial charge in [-0.15, -0.1) is 0 Å². The molecule has 1 fully saturated rings. The van der Waals surface area contributed by atoms with Crippen molar-refractivity contribution in [3.8, 4) is 0 Å². The van der Waals surface area contributed by atoms with Gasteiger partial charge in [-0.05, 0) is 24.3 Å². The van der Waals surface area contributed by atoms with E-state index in [0.29, 0.717) is 17.7 Å². The molecule has 1 atom stereocenters. The summed E-state index contributed by atoms with van der Waals surface area (Å²) in [5, 5.41) is 2.63. The van der Waals surface area contributed by atoms with Crippen molar-refractivity contribution >= 4 is 23.8 Å². The quantitative estimate of drug-likeness (QED) is 0.776. The maximum atomic E-state index is 12.7. The Balaban J connectivity index is 2.20. The van der Waals surface area contributed by atoms with Crippen molar-refractivity contribution in [2.75, 3.05) is 27.3 Å². The summed E-state index contributed by atoms with van der Waals surface area (Å²) in [5.41, 5.74) is 0.628. The third-order valence-corrected chi connectivity index (χ3v) is 3.73. The van der Waals surface area contributed by atoms with E-state index in [1.807, 2.05) is 0 Å². The van der Waals surface area contributed by atoms with Crippen LogP contribution >= 0.6 is 0 Å². The molecule has 0 bridgehead atoms. The highest BCUT2D eigenvalue weighted by molar-refractivity contribution is 6.00. The molecule has 1 aliphatic heterocycles. The Bertz CT molecular complexity index is 655. The van der Waals surface area contributed by atoms with Crippen LogP contribution in [0.2, 0.25) is 0 Å². The third-order valence-electron chi connectivity index (χ3n) is 3.73. The van der Waals surface area contributed by atoms with Crippen LogP contribution in [0.1, 0.15) is 27.1 Å². The summed E-state index contributed by atoms with van der Waals surface area (Å²) in [6.45, 7) is 0.591. The van der Waals surface area contributed by atoms with Gasteiger partial charge in [0.25, 0.3) is 5.91 Å². The second-order valence-electron chi connectivity index (χ2n) is 5.15. The number of methoxy groups -OCH3 is 2. The molecule has 0 aromatic heterocycles. The summed E-state index contributed by atoms with van der Waals surface area (Å²) >= 11 is 0. The van der Waals surface area contributed by atoms with Gasteiger partial charge in [-0.1, -0.05) is 0 Å². The van der Waals surface area contributed by atoms with Gasteiger partial charge in [-0.3, -0.25) is 14.4 Å². The highest BCUT2D eigenvalue weighted by Gasteiger charge is 2.35. The maximum Gasteiger partial charge on any atom is 0.337 e. The second kappa shape index (κ2) is 7.58. The number of benzene rings is 1. The van der Waals surface area contributed by atoms with Crippen LogP contribution in [0.15, 0.2) is 24.3 Å². The van der Waals surface area contributed by atoms with E-state index in [1.165, 1.54) is 43.4 Å². The molecule has 1 aliphatic rings. The van der Waals surface area contributed by atoms with E-state index in [9.17, 15) is 19.2 Å². The molecule has 0 radical (unpaired) electrons. The van der Waals surface area contributed by atoms with Gasteiger partial charge in [0.1, 0.15) is 6.04 Å². The Morgan fingerprint density at radius 2 is 1.75 bits per heavy atom. The number of carbonyl (C=O) groups is 4. The molecule has 0 spiro atoms. The monoisotopic (exact) mass is 334 g/mol. The minimum Gasteiger partial charge on any atom is -0.469 e. The predicted octanol–water partition coefficient (Wildman–Crippen LogP) is -0.0231. The Kier molecular flexibility index (Phi) is 5.51. The first-order chi connectivity index (χ1) is 11.5. The maximum absolute atomic E-state index is 12.7. The van der Waals surface area contributed by atoms with Crippen LogP contribution in [0.4, 0.5) is 0 Å². The zero-order valence-electron chi connectivity index (χ0n) is 13.4. The number of rotatable bonds is 4. The van der Waals surface area contributed by atoms with Crippen LogP contribution in [0.25, 0.3) is 0 Å². The molecule has 1 N–H and O–H groups in total. The average molecular weight is 334 g/mol. The summed E-state index contributed by atoms with van der Waals surface area (Å²) in [5.74, 6) is -1.87. The molecule has 1 aromatic carbocycles. The molecule has 0 aliphatic carbocycles. The first kappa shape index (κ1) is 17.5. The number of hydrogen-bond acceptors (Lipinski definition) is 6. The fourth-order valence-corrected chi connectivity index (χ4v) is 2.43. The molecule has 1 heterocycles. The van der Waals surface area contributed by atoms with E-state index in [0.717, 1.165) is 0 Å². The Morgan fingerprint density at radius 1 is 1.12 bits per heavy atom. The fraction of sp³-hybridized carbons (Fsp3) is 0.375. The van der Waals surface area contributed by atoms with Crippen molar-refractivity contribution in [1.29, 1.82) is 0 Å². The van der Waals surface area contributed by atoms with Gasteiger partial charge in [0.05, 0.1) is 26.2 Å². The molecule has 8 heteroatoms. The summed E-state index contributed by atoms with van der Waals surface area (Å²) in [7, 11) is 2.49. The van der Waals surface area contributed by atoms with E-state index in [-0.39, 0.29) is 13.0 Å². The van der Waals surface area contributed by atoms with Crippen LogP contribution in [-0.4, -0.2) is 62.0 Å². The molecule has 128 valence electrons. The van der Waals surface area contributed by atoms with Crippen LogP contribution in [0.5, 0.6) is 0 Å². The Labute approximate surface area is 138 Å². The average Bonchev–Trinajstić information content (AvgIpc) is 2.62. The molecule has 1 aromatic rings. The molecule has 2 rings (SSSR count). The molecule has 24 heavy (non-hydrogen) atoms. The smallest absolute Gasteiger partial charge is 0.337 e. The van der Waals surface area contributed by atoms with Crippen LogP contribution in [0.3, 0.4) is 0 Å². The Morgan fingerprint density at radius 3 is 2.33 bits per heavy atom. The van der Waals surface area contributed by atoms with Crippen LogP contribution in [-0.2, 0) is 19.1 Å². The molecule has 2 amide bonds. The molecular weight excluding hydrogens is 316 g/mol. The van der Waals surface area contributed by atoms with E-state index in [4.69, 9.17) is 0 Å². The number of ether oxygens (including phenoxy) is 2. The van der Waals surface area contributed by atoms with E-state index >= 15 is 0 Å². The summed E-state index contributed by atoms with van der Waals surface area (Å²) in [4.78, 5) is 48.9. The standard InChI is InChI=1S/C16H18N2O6/c1-23-13(19)9-12-14(20)17-7-8-18(12)15(21)10-3-5-11(6-4-10)16(22)24-2/h3-6,12H,7-9H2,1-2H3,(H,17,20). The van der Waals surface area contributed by atoms with Crippen molar-refractivity contribution in [1.82, 2.24) is 10.2 Å². The lowest BCUT2D eigenvalue weighted by Crippen LogP contribution is -2.57. The zero-order chi connectivity index (χ0) is 17.7. The number of esters is 2. The number of hydrogen-bond donors (Lipinski definition) is 1. The summed E-state index contributed by atoms with van der Waals surface area (Å²) in [6.07, 6.45) is -0.214. The van der Waals surface area contributed by atoms with E-state index < -0.39 is 29.8 Å². The summed E-state index contributed by atoms with van der Waals surface area (Å²) in [6, 6.07) is 4.99. The molecule has 8 nitrogen and oxygen atoms in total. The number of carbonyl (C=O) groups excluding carboxylic acids is 4. The lowest BCUT2D eigenvalue weighted by Gasteiger charge is -2.34. The van der Waals surface area contributed by atoms with Gasteiger partial charge in [-0.2, -0.15) is 0 Å². The number of piperazine rings is 1. The van der Waals surface area contributed by atoms with Crippen molar-refractivity contribution in [3.63, 3.8) is 0 Å². The van der Waals surface area contributed by atoms with Gasteiger partial charge in [0, 0.05) is 18.7 Å². The van der Waals surface area contributed by atoms with Crippen molar-refractivity contribution in [3.05, 3.63) is 35.4 Å². The van der Waals surface area contributed by atoms with Crippen molar-refractivity contribution < 1.29 is 28.7 Å². The third kappa shape index (κ3) is 3.70. The minimum atomic E-state index is -0.918. The first-order valence-electron chi connectivity index (χ1n) is 7.31. The van der Waals surface area contributed by atoms with Crippen LogP contribution < -0.4 is 5.32 Å². The van der Waals surface area contributed by atoms with E-state index in [2.05, 4.69) is 14.8 Å². The predicted molar refractivity (Wildman–Crippen MR) is 82.2 cm³/mol. The second-order valence-corrected chi connectivity index (χ2v) is 5.15. The fourth-order valence-electron chi connectivity index (χ4n) is 2.43. The lowest BCUT2D eigenvalue weighted by atomic mass is 10.1. The van der Waals surface area contributed by atoms with Gasteiger partial charge < -0.3 is 19.7 Å². The van der Waals surface area contributed by atoms with Gasteiger partial charge in [0.15, 0.2) is 0 Å².